The Labute approximate surface area is 159 Å². The number of halogens is 1. The first-order valence-electron chi connectivity index (χ1n) is 7.59. The maximum absolute atomic E-state index is 12.2. The molecule has 1 amide bonds. The number of fused-ring (bicyclic) bond motifs is 1. The molecule has 0 unspecified atom stereocenters. The van der Waals surface area contributed by atoms with Crippen LogP contribution in [0.1, 0.15) is 5.56 Å². The number of terminal acetylenes is 1. The van der Waals surface area contributed by atoms with E-state index in [0.29, 0.717) is 22.1 Å². The van der Waals surface area contributed by atoms with E-state index in [9.17, 15) is 4.79 Å². The SMILES string of the molecule is C#CCn1c(=NC(=O)CSCc2ccccc2)sc2cc(Cl)ccc21. The Bertz CT molecular complexity index is 1000. The van der Waals surface area contributed by atoms with E-state index >= 15 is 0 Å². The monoisotopic (exact) mass is 386 g/mol. The van der Waals surface area contributed by atoms with Crippen molar-refractivity contribution in [3.63, 3.8) is 0 Å². The largest absolute Gasteiger partial charge is 0.305 e. The summed E-state index contributed by atoms with van der Waals surface area (Å²) in [5.41, 5.74) is 2.13. The Morgan fingerprint density at radius 2 is 2.08 bits per heavy atom. The van der Waals surface area contributed by atoms with Crippen molar-refractivity contribution in [2.45, 2.75) is 12.3 Å². The summed E-state index contributed by atoms with van der Waals surface area (Å²) in [6.45, 7) is 0.366. The minimum Gasteiger partial charge on any atom is -0.305 e. The summed E-state index contributed by atoms with van der Waals surface area (Å²) in [5, 5.41) is 0.651. The molecule has 0 aliphatic heterocycles. The van der Waals surface area contributed by atoms with Crippen LogP contribution >= 0.6 is 34.7 Å². The molecule has 3 aromatic rings. The highest BCUT2D eigenvalue weighted by Crippen LogP contribution is 2.22. The van der Waals surface area contributed by atoms with Gasteiger partial charge in [-0.3, -0.25) is 4.79 Å². The van der Waals surface area contributed by atoms with Crippen molar-refractivity contribution in [2.75, 3.05) is 5.75 Å². The number of hydrogen-bond donors (Lipinski definition) is 0. The number of benzene rings is 2. The number of rotatable bonds is 5. The predicted molar refractivity (Wildman–Crippen MR) is 107 cm³/mol. The lowest BCUT2D eigenvalue weighted by Crippen LogP contribution is -2.17. The lowest BCUT2D eigenvalue weighted by molar-refractivity contribution is -0.115. The summed E-state index contributed by atoms with van der Waals surface area (Å²) in [7, 11) is 0. The van der Waals surface area contributed by atoms with Crippen molar-refractivity contribution < 1.29 is 4.79 Å². The predicted octanol–water partition coefficient (Wildman–Crippen LogP) is 4.35. The molecule has 1 heterocycles. The minimum atomic E-state index is -0.163. The van der Waals surface area contributed by atoms with Gasteiger partial charge < -0.3 is 4.57 Å². The molecule has 0 spiro atoms. The molecule has 0 saturated heterocycles. The van der Waals surface area contributed by atoms with Crippen LogP contribution in [0.3, 0.4) is 0 Å². The summed E-state index contributed by atoms with van der Waals surface area (Å²) in [6, 6.07) is 15.6. The van der Waals surface area contributed by atoms with E-state index in [2.05, 4.69) is 10.9 Å². The van der Waals surface area contributed by atoms with Gasteiger partial charge in [0.1, 0.15) is 0 Å². The first kappa shape index (κ1) is 17.8. The fourth-order valence-electron chi connectivity index (χ4n) is 2.35. The number of amides is 1. The molecule has 126 valence electrons. The molecular weight excluding hydrogens is 372 g/mol. The zero-order chi connectivity index (χ0) is 17.6. The summed E-state index contributed by atoms with van der Waals surface area (Å²) in [6.07, 6.45) is 5.46. The molecule has 25 heavy (non-hydrogen) atoms. The van der Waals surface area contributed by atoms with E-state index in [-0.39, 0.29) is 5.91 Å². The van der Waals surface area contributed by atoms with Crippen LogP contribution in [0.4, 0.5) is 0 Å². The van der Waals surface area contributed by atoms with Gasteiger partial charge in [0.05, 0.1) is 22.5 Å². The number of nitrogens with zero attached hydrogens (tertiary/aromatic N) is 2. The Morgan fingerprint density at radius 1 is 1.28 bits per heavy atom. The van der Waals surface area contributed by atoms with Crippen LogP contribution < -0.4 is 4.80 Å². The molecule has 0 atom stereocenters. The lowest BCUT2D eigenvalue weighted by Gasteiger charge is -2.00. The van der Waals surface area contributed by atoms with Gasteiger partial charge in [0, 0.05) is 10.8 Å². The second-order valence-electron chi connectivity index (χ2n) is 5.27. The fraction of sp³-hybridized carbons (Fsp3) is 0.158. The van der Waals surface area contributed by atoms with Crippen molar-refractivity contribution >= 4 is 50.8 Å². The molecule has 0 saturated carbocycles. The molecule has 1 aromatic heterocycles. The van der Waals surface area contributed by atoms with Crippen LogP contribution in [0.2, 0.25) is 5.02 Å². The van der Waals surface area contributed by atoms with Gasteiger partial charge in [-0.2, -0.15) is 4.99 Å². The maximum Gasteiger partial charge on any atom is 0.258 e. The third kappa shape index (κ3) is 4.55. The normalized spacial score (nSPS) is 11.6. The first-order chi connectivity index (χ1) is 12.2. The van der Waals surface area contributed by atoms with Crippen molar-refractivity contribution in [3.05, 3.63) is 63.9 Å². The molecule has 0 radical (unpaired) electrons. The van der Waals surface area contributed by atoms with E-state index in [0.717, 1.165) is 16.0 Å². The molecule has 0 N–H and O–H groups in total. The third-order valence-electron chi connectivity index (χ3n) is 3.45. The summed E-state index contributed by atoms with van der Waals surface area (Å²) >= 11 is 9.02. The van der Waals surface area contributed by atoms with Crippen molar-refractivity contribution in [3.8, 4) is 12.3 Å². The maximum atomic E-state index is 12.2. The second kappa shape index (κ2) is 8.39. The number of thiazole rings is 1. The van der Waals surface area contributed by atoms with Crippen LogP contribution in [0, 0.1) is 12.3 Å². The van der Waals surface area contributed by atoms with Gasteiger partial charge in [-0.15, -0.1) is 18.2 Å². The Kier molecular flexibility index (Phi) is 5.98. The van der Waals surface area contributed by atoms with Crippen molar-refractivity contribution in [2.24, 2.45) is 4.99 Å². The molecule has 3 rings (SSSR count). The van der Waals surface area contributed by atoms with Gasteiger partial charge in [-0.05, 0) is 23.8 Å². The number of carbonyl (C=O) groups is 1. The van der Waals surface area contributed by atoms with Gasteiger partial charge in [-0.25, -0.2) is 0 Å². The zero-order valence-electron chi connectivity index (χ0n) is 13.3. The topological polar surface area (TPSA) is 34.4 Å². The minimum absolute atomic E-state index is 0.163. The third-order valence-corrected chi connectivity index (χ3v) is 5.72. The Balaban J connectivity index is 1.78. The standard InChI is InChI=1S/C19H15ClN2OS2/c1-2-10-22-16-9-8-15(20)11-17(16)25-19(22)21-18(23)13-24-12-14-6-4-3-5-7-14/h1,3-9,11H,10,12-13H2. The number of carbonyl (C=O) groups excluding carboxylic acids is 1. The quantitative estimate of drug-likeness (QED) is 0.611. The van der Waals surface area contributed by atoms with Crippen molar-refractivity contribution in [1.82, 2.24) is 4.57 Å². The molecule has 0 bridgehead atoms. The van der Waals surface area contributed by atoms with Gasteiger partial charge in [0.2, 0.25) is 0 Å². The molecule has 6 heteroatoms. The highest BCUT2D eigenvalue weighted by atomic mass is 35.5. The fourth-order valence-corrected chi connectivity index (χ4v) is 4.44. The number of aromatic nitrogens is 1. The number of hydrogen-bond acceptors (Lipinski definition) is 3. The van der Waals surface area contributed by atoms with Gasteiger partial charge >= 0.3 is 0 Å². The summed E-state index contributed by atoms with van der Waals surface area (Å²) in [5.74, 6) is 3.57. The van der Waals surface area contributed by atoms with E-state index in [1.165, 1.54) is 16.9 Å². The average Bonchev–Trinajstić information content (AvgIpc) is 2.92. The molecule has 3 nitrogen and oxygen atoms in total. The van der Waals surface area contributed by atoms with Gasteiger partial charge in [-0.1, -0.05) is 59.2 Å². The Hall–Kier alpha value is -2.00. The van der Waals surface area contributed by atoms with Crippen LogP contribution in [-0.4, -0.2) is 16.2 Å². The van der Waals surface area contributed by atoms with Crippen molar-refractivity contribution in [1.29, 1.82) is 0 Å². The molecule has 0 fully saturated rings. The zero-order valence-corrected chi connectivity index (χ0v) is 15.7. The highest BCUT2D eigenvalue weighted by Gasteiger charge is 2.08. The molecule has 0 aliphatic rings. The number of thioether (sulfide) groups is 1. The average molecular weight is 387 g/mol. The summed E-state index contributed by atoms with van der Waals surface area (Å²) < 4.78 is 2.84. The first-order valence-corrected chi connectivity index (χ1v) is 9.94. The van der Waals surface area contributed by atoms with Crippen LogP contribution in [0.15, 0.2) is 53.5 Å². The summed E-state index contributed by atoms with van der Waals surface area (Å²) in [4.78, 5) is 17.1. The van der Waals surface area contributed by atoms with Crippen LogP contribution in [-0.2, 0) is 17.1 Å². The second-order valence-corrected chi connectivity index (χ2v) is 7.70. The van der Waals surface area contributed by atoms with E-state index in [1.807, 2.05) is 53.1 Å². The van der Waals surface area contributed by atoms with E-state index < -0.39 is 0 Å². The van der Waals surface area contributed by atoms with Crippen LogP contribution in [0.5, 0.6) is 0 Å². The highest BCUT2D eigenvalue weighted by molar-refractivity contribution is 7.99. The smallest absolute Gasteiger partial charge is 0.258 e. The van der Waals surface area contributed by atoms with Gasteiger partial charge in [0.15, 0.2) is 4.80 Å². The Morgan fingerprint density at radius 3 is 2.84 bits per heavy atom. The van der Waals surface area contributed by atoms with Crippen LogP contribution in [0.25, 0.3) is 10.2 Å². The van der Waals surface area contributed by atoms with E-state index in [4.69, 9.17) is 18.0 Å². The molecular formula is C19H15ClN2OS2. The van der Waals surface area contributed by atoms with E-state index in [1.54, 1.807) is 11.8 Å². The molecule has 2 aromatic carbocycles. The lowest BCUT2D eigenvalue weighted by atomic mass is 10.2. The molecule has 0 aliphatic carbocycles. The van der Waals surface area contributed by atoms with Gasteiger partial charge in [0.25, 0.3) is 5.91 Å².